The van der Waals surface area contributed by atoms with E-state index in [1.807, 2.05) is 31.1 Å². The van der Waals surface area contributed by atoms with Gasteiger partial charge in [0.15, 0.2) is 0 Å². The van der Waals surface area contributed by atoms with Crippen molar-refractivity contribution in [2.75, 3.05) is 14.1 Å². The molecule has 0 bridgehead atoms. The van der Waals surface area contributed by atoms with Crippen LogP contribution in [0.1, 0.15) is 0 Å². The number of fused-ring (bicyclic) bond motifs is 1. The first-order chi connectivity index (χ1) is 7.18. The van der Waals surface area contributed by atoms with Crippen LogP contribution in [0.4, 0.5) is 5.69 Å². The lowest BCUT2D eigenvalue weighted by Gasteiger charge is -2.03. The van der Waals surface area contributed by atoms with E-state index in [1.54, 1.807) is 6.34 Å². The van der Waals surface area contributed by atoms with Gasteiger partial charge in [0.25, 0.3) is 0 Å². The maximum atomic E-state index is 6.14. The van der Waals surface area contributed by atoms with E-state index in [9.17, 15) is 0 Å². The molecule has 0 N–H and O–H groups in total. The van der Waals surface area contributed by atoms with E-state index in [-0.39, 0.29) is 0 Å². The molecule has 2 rings (SSSR count). The number of halogens is 1. The van der Waals surface area contributed by atoms with Crippen molar-refractivity contribution >= 4 is 46.4 Å². The molecule has 4 nitrogen and oxygen atoms in total. The smallest absolute Gasteiger partial charge is 0.125 e. The summed E-state index contributed by atoms with van der Waals surface area (Å²) >= 11 is 7.29. The SMILES string of the molecule is CN(C)C=Nc1ccc2nsnc2c1Cl. The van der Waals surface area contributed by atoms with Crippen molar-refractivity contribution in [3.8, 4) is 0 Å². The number of hydrogen-bond donors (Lipinski definition) is 0. The minimum Gasteiger partial charge on any atom is -0.369 e. The third-order valence-corrected chi connectivity index (χ3v) is 2.69. The molecule has 2 aromatic rings. The van der Waals surface area contributed by atoms with Gasteiger partial charge in [-0.2, -0.15) is 8.75 Å². The lowest BCUT2D eigenvalue weighted by molar-refractivity contribution is 0.643. The number of hydrogen-bond acceptors (Lipinski definition) is 4. The van der Waals surface area contributed by atoms with Crippen molar-refractivity contribution in [3.63, 3.8) is 0 Å². The molecule has 0 aliphatic rings. The number of benzene rings is 1. The maximum absolute atomic E-state index is 6.14. The second kappa shape index (κ2) is 4.12. The minimum atomic E-state index is 0.555. The molecule has 6 heteroatoms. The van der Waals surface area contributed by atoms with Crippen LogP contribution in [0.25, 0.3) is 11.0 Å². The molecule has 0 aliphatic heterocycles. The number of nitrogens with zero attached hydrogens (tertiary/aromatic N) is 4. The van der Waals surface area contributed by atoms with Crippen LogP contribution >= 0.6 is 23.3 Å². The van der Waals surface area contributed by atoms with Crippen molar-refractivity contribution in [2.45, 2.75) is 0 Å². The molecule has 0 fully saturated rings. The van der Waals surface area contributed by atoms with E-state index in [4.69, 9.17) is 11.6 Å². The normalized spacial score (nSPS) is 11.4. The zero-order chi connectivity index (χ0) is 10.8. The average Bonchev–Trinajstić information content (AvgIpc) is 2.65. The summed E-state index contributed by atoms with van der Waals surface area (Å²) in [5.41, 5.74) is 2.24. The fourth-order valence-corrected chi connectivity index (χ4v) is 1.93. The zero-order valence-electron chi connectivity index (χ0n) is 8.31. The molecule has 0 saturated heterocycles. The van der Waals surface area contributed by atoms with E-state index in [0.717, 1.165) is 22.8 Å². The van der Waals surface area contributed by atoms with Gasteiger partial charge in [0.05, 0.1) is 28.8 Å². The summed E-state index contributed by atoms with van der Waals surface area (Å²) in [5, 5.41) is 0.555. The molecule has 78 valence electrons. The van der Waals surface area contributed by atoms with Crippen LogP contribution in [-0.2, 0) is 0 Å². The Kier molecular flexibility index (Phi) is 2.83. The van der Waals surface area contributed by atoms with Crippen LogP contribution in [0.15, 0.2) is 17.1 Å². The van der Waals surface area contributed by atoms with E-state index >= 15 is 0 Å². The Morgan fingerprint density at radius 1 is 1.40 bits per heavy atom. The molecule has 1 heterocycles. The second-order valence-electron chi connectivity index (χ2n) is 3.24. The summed E-state index contributed by atoms with van der Waals surface area (Å²) in [6.45, 7) is 0. The molecule has 15 heavy (non-hydrogen) atoms. The van der Waals surface area contributed by atoms with Gasteiger partial charge in [-0.15, -0.1) is 0 Å². The predicted octanol–water partition coefficient (Wildman–Crippen LogP) is 2.57. The minimum absolute atomic E-state index is 0.555. The Hall–Kier alpha value is -1.20. The summed E-state index contributed by atoms with van der Waals surface area (Å²) in [4.78, 5) is 6.09. The Morgan fingerprint density at radius 2 is 2.20 bits per heavy atom. The fraction of sp³-hybridized carbons (Fsp3) is 0.222. The number of aliphatic imine (C=N–C) groups is 1. The highest BCUT2D eigenvalue weighted by Gasteiger charge is 2.07. The molecule has 1 aromatic heterocycles. The van der Waals surface area contributed by atoms with Crippen LogP contribution in [0.5, 0.6) is 0 Å². The van der Waals surface area contributed by atoms with Crippen LogP contribution in [0, 0.1) is 0 Å². The quantitative estimate of drug-likeness (QED) is 0.599. The molecule has 0 radical (unpaired) electrons. The summed E-state index contributed by atoms with van der Waals surface area (Å²) in [6, 6.07) is 3.71. The molecular formula is C9H9ClN4S. The second-order valence-corrected chi connectivity index (χ2v) is 4.15. The third-order valence-electron chi connectivity index (χ3n) is 1.77. The van der Waals surface area contributed by atoms with Gasteiger partial charge in [0, 0.05) is 14.1 Å². The van der Waals surface area contributed by atoms with Gasteiger partial charge in [0.1, 0.15) is 11.0 Å². The van der Waals surface area contributed by atoms with Gasteiger partial charge in [-0.1, -0.05) is 11.6 Å². The summed E-state index contributed by atoms with van der Waals surface area (Å²) < 4.78 is 8.22. The zero-order valence-corrected chi connectivity index (χ0v) is 9.88. The molecule has 0 aliphatic carbocycles. The van der Waals surface area contributed by atoms with Gasteiger partial charge in [-0.05, 0) is 12.1 Å². The molecule has 1 aromatic carbocycles. The van der Waals surface area contributed by atoms with Crippen molar-refractivity contribution in [2.24, 2.45) is 4.99 Å². The Balaban J connectivity index is 2.48. The summed E-state index contributed by atoms with van der Waals surface area (Å²) in [6.07, 6.45) is 1.70. The van der Waals surface area contributed by atoms with E-state index in [2.05, 4.69) is 13.7 Å². The van der Waals surface area contributed by atoms with Crippen LogP contribution < -0.4 is 0 Å². The highest BCUT2D eigenvalue weighted by Crippen LogP contribution is 2.31. The van der Waals surface area contributed by atoms with E-state index < -0.39 is 0 Å². The number of aromatic nitrogens is 2. The van der Waals surface area contributed by atoms with E-state index in [0.29, 0.717) is 10.7 Å². The van der Waals surface area contributed by atoms with Crippen molar-refractivity contribution in [3.05, 3.63) is 17.2 Å². The first-order valence-electron chi connectivity index (χ1n) is 4.30. The van der Waals surface area contributed by atoms with Gasteiger partial charge in [-0.3, -0.25) is 0 Å². The Labute approximate surface area is 96.5 Å². The van der Waals surface area contributed by atoms with Gasteiger partial charge in [-0.25, -0.2) is 4.99 Å². The monoisotopic (exact) mass is 240 g/mol. The summed E-state index contributed by atoms with van der Waals surface area (Å²) in [7, 11) is 3.81. The lowest BCUT2D eigenvalue weighted by Crippen LogP contribution is -2.06. The molecule has 0 saturated carbocycles. The molecule has 0 spiro atoms. The molecular weight excluding hydrogens is 232 g/mol. The van der Waals surface area contributed by atoms with Crippen molar-refractivity contribution in [1.82, 2.24) is 13.6 Å². The van der Waals surface area contributed by atoms with Crippen LogP contribution in [0.2, 0.25) is 5.02 Å². The molecule has 0 unspecified atom stereocenters. The average molecular weight is 241 g/mol. The first-order valence-corrected chi connectivity index (χ1v) is 5.40. The first kappa shape index (κ1) is 10.3. The topological polar surface area (TPSA) is 41.4 Å². The fourth-order valence-electron chi connectivity index (χ4n) is 1.09. The number of rotatable bonds is 2. The maximum Gasteiger partial charge on any atom is 0.125 e. The van der Waals surface area contributed by atoms with Crippen LogP contribution in [-0.4, -0.2) is 34.1 Å². The lowest BCUT2D eigenvalue weighted by atomic mass is 10.3. The Morgan fingerprint density at radius 3 is 2.93 bits per heavy atom. The highest BCUT2D eigenvalue weighted by atomic mass is 35.5. The Bertz CT molecular complexity index is 506. The van der Waals surface area contributed by atoms with E-state index in [1.165, 1.54) is 0 Å². The van der Waals surface area contributed by atoms with Crippen molar-refractivity contribution in [1.29, 1.82) is 0 Å². The summed E-state index contributed by atoms with van der Waals surface area (Å²) in [5.74, 6) is 0. The molecule has 0 atom stereocenters. The predicted molar refractivity (Wildman–Crippen MR) is 64.3 cm³/mol. The van der Waals surface area contributed by atoms with Gasteiger partial charge >= 0.3 is 0 Å². The highest BCUT2D eigenvalue weighted by molar-refractivity contribution is 7.00. The van der Waals surface area contributed by atoms with Crippen LogP contribution in [0.3, 0.4) is 0 Å². The van der Waals surface area contributed by atoms with Gasteiger partial charge in [0.2, 0.25) is 0 Å². The largest absolute Gasteiger partial charge is 0.369 e. The molecule has 0 amide bonds. The van der Waals surface area contributed by atoms with Gasteiger partial charge < -0.3 is 4.90 Å². The standard InChI is InChI=1S/C9H9ClN4S/c1-14(2)5-11-6-3-4-7-9(8(6)10)13-15-12-7/h3-5H,1-2H3. The van der Waals surface area contributed by atoms with Crippen molar-refractivity contribution < 1.29 is 0 Å². The third kappa shape index (κ3) is 2.08.